The molecule has 10 nitrogen and oxygen atoms in total. The number of aromatic hydroxyl groups is 1. The topological polar surface area (TPSA) is 136 Å². The summed E-state index contributed by atoms with van der Waals surface area (Å²) >= 11 is 0. The summed E-state index contributed by atoms with van der Waals surface area (Å²) in [4.78, 5) is 30.4. The zero-order valence-electron chi connectivity index (χ0n) is 15.8. The number of anilines is 1. The van der Waals surface area contributed by atoms with Gasteiger partial charge in [-0.3, -0.25) is 4.98 Å². The molecule has 0 radical (unpaired) electrons. The maximum Gasteiger partial charge on any atom is 0.326 e. The average Bonchev–Trinajstić information content (AvgIpc) is 3.56. The summed E-state index contributed by atoms with van der Waals surface area (Å²) in [7, 11) is 0. The lowest BCUT2D eigenvalue weighted by molar-refractivity contribution is 0.454. The van der Waals surface area contributed by atoms with E-state index < -0.39 is 5.69 Å². The summed E-state index contributed by atoms with van der Waals surface area (Å²) in [6.07, 6.45) is 10.5. The van der Waals surface area contributed by atoms with Gasteiger partial charge in [-0.1, -0.05) is 0 Å². The van der Waals surface area contributed by atoms with Gasteiger partial charge in [-0.15, -0.1) is 0 Å². The predicted molar refractivity (Wildman–Crippen MR) is 104 cm³/mol. The lowest BCUT2D eigenvalue weighted by Gasteiger charge is -2.17. The van der Waals surface area contributed by atoms with Crippen LogP contribution in [-0.2, 0) is 0 Å². The molecule has 0 saturated heterocycles. The molecule has 0 aromatic carbocycles. The van der Waals surface area contributed by atoms with Crippen molar-refractivity contribution in [3.8, 4) is 5.88 Å². The molecular formula is C19H22N8O2. The second-order valence-corrected chi connectivity index (χ2v) is 8.37. The Hall–Kier alpha value is -3.17. The summed E-state index contributed by atoms with van der Waals surface area (Å²) in [6, 6.07) is 0.719. The number of aromatic amines is 2. The number of hydrogen-bond acceptors (Lipinski definition) is 7. The highest BCUT2D eigenvalue weighted by atomic mass is 16.3. The molecule has 3 heterocycles. The first-order valence-corrected chi connectivity index (χ1v) is 10.2. The lowest BCUT2D eigenvalue weighted by Crippen LogP contribution is -2.30. The molecular weight excluding hydrogens is 372 g/mol. The van der Waals surface area contributed by atoms with Crippen molar-refractivity contribution in [2.75, 3.05) is 5.32 Å². The van der Waals surface area contributed by atoms with Gasteiger partial charge in [0.1, 0.15) is 5.69 Å². The molecule has 0 aliphatic heterocycles. The highest BCUT2D eigenvalue weighted by Crippen LogP contribution is 2.45. The van der Waals surface area contributed by atoms with Gasteiger partial charge in [0, 0.05) is 11.3 Å². The fraction of sp³-hybridized carbons (Fsp3) is 0.526. The van der Waals surface area contributed by atoms with Crippen LogP contribution in [0.25, 0.3) is 11.7 Å². The summed E-state index contributed by atoms with van der Waals surface area (Å²) in [5.74, 6) is 1.78. The molecule has 4 N–H and O–H groups in total. The van der Waals surface area contributed by atoms with E-state index >= 15 is 0 Å². The molecule has 0 bridgehead atoms. The highest BCUT2D eigenvalue weighted by Gasteiger charge is 2.41. The second-order valence-electron chi connectivity index (χ2n) is 8.37. The van der Waals surface area contributed by atoms with Crippen molar-refractivity contribution in [3.05, 3.63) is 33.2 Å². The third-order valence-corrected chi connectivity index (χ3v) is 5.81. The van der Waals surface area contributed by atoms with E-state index in [0.29, 0.717) is 46.4 Å². The molecule has 3 aromatic heterocycles. The number of rotatable bonds is 6. The molecule has 0 atom stereocenters. The van der Waals surface area contributed by atoms with Crippen LogP contribution in [0.5, 0.6) is 5.88 Å². The molecule has 150 valence electrons. The number of hydrogen-bond donors (Lipinski definition) is 4. The SMILES string of the molecule is O=c1[nH]c(O)c(C=c2cnn3c(=NC4CC4)nc(NC(C4CC4)C4CC4)nc23)[nH]1. The summed E-state index contributed by atoms with van der Waals surface area (Å²) in [6.45, 7) is 0. The molecule has 3 aliphatic rings. The molecule has 3 fully saturated rings. The van der Waals surface area contributed by atoms with E-state index in [1.807, 2.05) is 0 Å². The number of imidazole rings is 1. The van der Waals surface area contributed by atoms with E-state index in [1.54, 1.807) is 16.8 Å². The summed E-state index contributed by atoms with van der Waals surface area (Å²) in [5.41, 5.74) is 0.946. The largest absolute Gasteiger partial charge is 0.493 e. The van der Waals surface area contributed by atoms with Crippen molar-refractivity contribution in [3.63, 3.8) is 0 Å². The Bertz CT molecular complexity index is 1250. The second kappa shape index (κ2) is 6.16. The molecule has 10 heteroatoms. The third kappa shape index (κ3) is 3.28. The molecule has 6 rings (SSSR count). The molecule has 0 amide bonds. The molecule has 3 aliphatic carbocycles. The zero-order valence-corrected chi connectivity index (χ0v) is 15.8. The van der Waals surface area contributed by atoms with Crippen LogP contribution in [0.3, 0.4) is 0 Å². The van der Waals surface area contributed by atoms with Gasteiger partial charge < -0.3 is 15.4 Å². The Morgan fingerprint density at radius 2 is 1.93 bits per heavy atom. The monoisotopic (exact) mass is 394 g/mol. The summed E-state index contributed by atoms with van der Waals surface area (Å²) in [5, 5.41) is 18.5. The maximum atomic E-state index is 11.4. The number of fused-ring (bicyclic) bond motifs is 1. The van der Waals surface area contributed by atoms with Crippen LogP contribution in [-0.4, -0.2) is 46.7 Å². The average molecular weight is 394 g/mol. The van der Waals surface area contributed by atoms with Crippen molar-refractivity contribution < 1.29 is 5.11 Å². The minimum Gasteiger partial charge on any atom is -0.493 e. The van der Waals surface area contributed by atoms with E-state index in [4.69, 9.17) is 9.98 Å². The smallest absolute Gasteiger partial charge is 0.326 e. The van der Waals surface area contributed by atoms with Crippen LogP contribution in [0.15, 0.2) is 16.0 Å². The van der Waals surface area contributed by atoms with Crippen molar-refractivity contribution >= 4 is 17.7 Å². The van der Waals surface area contributed by atoms with Crippen LogP contribution in [0.2, 0.25) is 0 Å². The minimum absolute atomic E-state index is 0.216. The normalized spacial score (nSPS) is 20.9. The fourth-order valence-corrected chi connectivity index (χ4v) is 3.83. The number of nitrogens with zero attached hydrogens (tertiary/aromatic N) is 5. The highest BCUT2D eigenvalue weighted by molar-refractivity contribution is 5.57. The van der Waals surface area contributed by atoms with Crippen molar-refractivity contribution in [1.82, 2.24) is 29.5 Å². The van der Waals surface area contributed by atoms with E-state index in [-0.39, 0.29) is 11.6 Å². The Morgan fingerprint density at radius 1 is 1.17 bits per heavy atom. The third-order valence-electron chi connectivity index (χ3n) is 5.81. The fourth-order valence-electron chi connectivity index (χ4n) is 3.83. The van der Waals surface area contributed by atoms with Gasteiger partial charge in [-0.25, -0.2) is 9.79 Å². The standard InChI is InChI=1S/C19H22N8O2/c28-16-13(22-19(29)25-16)7-11-8-20-27-15(11)24-17(26-18(27)21-12-5-6-12)23-14(9-1-2-9)10-3-4-10/h7-10,12,14,28H,1-6H2,(H,21,23,26)(H2,22,25,29). The van der Waals surface area contributed by atoms with Crippen molar-refractivity contribution in [1.29, 1.82) is 0 Å². The van der Waals surface area contributed by atoms with Gasteiger partial charge in [-0.2, -0.15) is 19.6 Å². The van der Waals surface area contributed by atoms with Crippen LogP contribution < -0.4 is 21.8 Å². The maximum absolute atomic E-state index is 11.4. The Morgan fingerprint density at radius 3 is 2.55 bits per heavy atom. The molecule has 0 unspecified atom stereocenters. The number of aromatic nitrogens is 6. The van der Waals surface area contributed by atoms with Gasteiger partial charge in [0.15, 0.2) is 5.65 Å². The Balaban J connectivity index is 1.48. The molecule has 0 spiro atoms. The van der Waals surface area contributed by atoms with Crippen molar-refractivity contribution in [2.45, 2.75) is 50.6 Å². The Kier molecular flexibility index (Phi) is 3.56. The number of H-pyrrole nitrogens is 2. The minimum atomic E-state index is -0.469. The van der Waals surface area contributed by atoms with Gasteiger partial charge in [0.2, 0.25) is 11.8 Å². The molecule has 3 aromatic rings. The molecule has 29 heavy (non-hydrogen) atoms. The van der Waals surface area contributed by atoms with Crippen LogP contribution in [0.1, 0.15) is 44.2 Å². The lowest BCUT2D eigenvalue weighted by atomic mass is 10.1. The predicted octanol–water partition coefficient (Wildman–Crippen LogP) is 0.0576. The van der Waals surface area contributed by atoms with E-state index in [9.17, 15) is 9.90 Å². The number of nitrogens with one attached hydrogen (secondary N) is 3. The first-order chi connectivity index (χ1) is 14.1. The first-order valence-electron chi connectivity index (χ1n) is 10.2. The van der Waals surface area contributed by atoms with Gasteiger partial charge in [0.05, 0.1) is 12.2 Å². The van der Waals surface area contributed by atoms with Crippen LogP contribution >= 0.6 is 0 Å². The van der Waals surface area contributed by atoms with E-state index in [0.717, 1.165) is 12.8 Å². The zero-order chi connectivity index (χ0) is 19.5. The van der Waals surface area contributed by atoms with Crippen LogP contribution in [0, 0.1) is 11.8 Å². The quantitative estimate of drug-likeness (QED) is 0.467. The Labute approximate surface area is 164 Å². The van der Waals surface area contributed by atoms with Gasteiger partial charge >= 0.3 is 5.69 Å². The summed E-state index contributed by atoms with van der Waals surface area (Å²) < 4.78 is 1.63. The van der Waals surface area contributed by atoms with Crippen LogP contribution in [0.4, 0.5) is 5.95 Å². The van der Waals surface area contributed by atoms with E-state index in [1.165, 1.54) is 25.7 Å². The van der Waals surface area contributed by atoms with Crippen molar-refractivity contribution in [2.24, 2.45) is 16.8 Å². The van der Waals surface area contributed by atoms with E-state index in [2.05, 4.69) is 25.4 Å². The van der Waals surface area contributed by atoms with Gasteiger partial charge in [0.25, 0.3) is 5.62 Å². The molecule has 3 saturated carbocycles. The first kappa shape index (κ1) is 16.8. The van der Waals surface area contributed by atoms with Gasteiger partial charge in [-0.05, 0) is 56.4 Å².